The second kappa shape index (κ2) is 11.3. The minimum atomic E-state index is -4.49. The third kappa shape index (κ3) is 6.23. The highest BCUT2D eigenvalue weighted by Crippen LogP contribution is 2.33. The molecule has 1 aliphatic carbocycles. The highest BCUT2D eigenvalue weighted by atomic mass is 32.2. The minimum Gasteiger partial charge on any atom is -0.456 e. The van der Waals surface area contributed by atoms with Crippen LogP contribution in [0, 0.1) is 5.92 Å². The van der Waals surface area contributed by atoms with Crippen molar-refractivity contribution in [2.45, 2.75) is 39.4 Å². The van der Waals surface area contributed by atoms with E-state index in [0.29, 0.717) is 23.5 Å². The Morgan fingerprint density at radius 1 is 0.944 bits per heavy atom. The molecular formula is C27H28N2O6S. The summed E-state index contributed by atoms with van der Waals surface area (Å²) in [5, 5.41) is 0. The molecule has 2 aromatic carbocycles. The highest BCUT2D eigenvalue weighted by molar-refractivity contribution is 7.88. The molecule has 36 heavy (non-hydrogen) atoms. The fraction of sp³-hybridized carbons (Fsp3) is 0.259. The van der Waals surface area contributed by atoms with E-state index in [0.717, 1.165) is 28.0 Å². The molecule has 1 unspecified atom stereocenters. The van der Waals surface area contributed by atoms with Gasteiger partial charge in [0.2, 0.25) is 0 Å². The molecule has 188 valence electrons. The Morgan fingerprint density at radius 3 is 2.14 bits per heavy atom. The number of nitrogens with zero attached hydrogens (tertiary/aromatic N) is 1. The van der Waals surface area contributed by atoms with Gasteiger partial charge in [-0.1, -0.05) is 73.7 Å². The van der Waals surface area contributed by atoms with Crippen molar-refractivity contribution in [1.29, 1.82) is 0 Å². The van der Waals surface area contributed by atoms with Gasteiger partial charge in [-0.2, -0.15) is 8.42 Å². The lowest BCUT2D eigenvalue weighted by molar-refractivity contribution is 0.0463. The van der Waals surface area contributed by atoms with Crippen molar-refractivity contribution in [2.24, 2.45) is 5.92 Å². The highest BCUT2D eigenvalue weighted by Gasteiger charge is 2.29. The molecule has 1 aliphatic rings. The zero-order valence-corrected chi connectivity index (χ0v) is 20.7. The lowest BCUT2D eigenvalue weighted by Crippen LogP contribution is -2.36. The molecular weight excluding hydrogens is 480 g/mol. The summed E-state index contributed by atoms with van der Waals surface area (Å²) >= 11 is 0. The van der Waals surface area contributed by atoms with E-state index in [-0.39, 0.29) is 18.9 Å². The van der Waals surface area contributed by atoms with Crippen LogP contribution in [0.1, 0.15) is 53.4 Å². The van der Waals surface area contributed by atoms with Gasteiger partial charge in [-0.25, -0.2) is 18.3 Å². The number of carbonyl (C=O) groups excluding carboxylic acids is 2. The van der Waals surface area contributed by atoms with E-state index >= 15 is 0 Å². The van der Waals surface area contributed by atoms with Gasteiger partial charge in [0, 0.05) is 11.8 Å². The van der Waals surface area contributed by atoms with Crippen LogP contribution >= 0.6 is 0 Å². The summed E-state index contributed by atoms with van der Waals surface area (Å²) in [6.45, 7) is 2.02. The summed E-state index contributed by atoms with van der Waals surface area (Å²) in [7, 11) is -4.49. The Bertz CT molecular complexity index is 1350. The summed E-state index contributed by atoms with van der Waals surface area (Å²) in [5.74, 6) is -0.296. The van der Waals surface area contributed by atoms with Gasteiger partial charge in [0.15, 0.2) is 5.69 Å². The molecule has 1 N–H and O–H groups in total. The van der Waals surface area contributed by atoms with E-state index in [4.69, 9.17) is 9.47 Å². The van der Waals surface area contributed by atoms with Crippen LogP contribution in [-0.4, -0.2) is 24.5 Å². The predicted octanol–water partition coefficient (Wildman–Crippen LogP) is 5.07. The lowest BCUT2D eigenvalue weighted by atomic mass is 9.88. The molecule has 0 saturated heterocycles. The number of amides is 1. The molecule has 3 aromatic rings. The first-order valence-corrected chi connectivity index (χ1v) is 13.1. The number of allylic oxidation sites excluding steroid dienone is 2. The van der Waals surface area contributed by atoms with Crippen LogP contribution in [0.5, 0.6) is 0 Å². The van der Waals surface area contributed by atoms with Crippen LogP contribution in [0.2, 0.25) is 0 Å². The average Bonchev–Trinajstić information content (AvgIpc) is 3.34. The maximum Gasteiger partial charge on any atom is 0.422 e. The Hall–Kier alpha value is -3.85. The van der Waals surface area contributed by atoms with Gasteiger partial charge in [-0.05, 0) is 47.9 Å². The molecule has 0 spiro atoms. The molecule has 0 bridgehead atoms. The van der Waals surface area contributed by atoms with Gasteiger partial charge in [-0.3, -0.25) is 0 Å². The number of rotatable bonds is 8. The fourth-order valence-electron chi connectivity index (χ4n) is 3.98. The van der Waals surface area contributed by atoms with E-state index in [1.165, 1.54) is 6.20 Å². The molecule has 8 nitrogen and oxygen atoms in total. The number of hydrogen-bond donors (Lipinski definition) is 1. The molecule has 1 aromatic heterocycles. The van der Waals surface area contributed by atoms with Crippen molar-refractivity contribution in [2.75, 3.05) is 0 Å². The quantitative estimate of drug-likeness (QED) is 0.426. The van der Waals surface area contributed by atoms with Gasteiger partial charge in [0.25, 0.3) is 0 Å². The Labute approximate surface area is 210 Å². The Kier molecular flexibility index (Phi) is 7.90. The topological polar surface area (TPSA) is 104 Å². The summed E-state index contributed by atoms with van der Waals surface area (Å²) in [5.41, 5.74) is 2.66. The first-order chi connectivity index (χ1) is 17.3. The second-order valence-corrected chi connectivity index (χ2v) is 10.3. The van der Waals surface area contributed by atoms with Gasteiger partial charge in [-0.15, -0.1) is 0 Å². The fourth-order valence-corrected chi connectivity index (χ4v) is 4.98. The van der Waals surface area contributed by atoms with E-state index in [1.807, 2.05) is 35.1 Å². The molecule has 1 atom stereocenters. The molecule has 1 heterocycles. The molecule has 0 aliphatic heterocycles. The zero-order chi connectivity index (χ0) is 25.5. The van der Waals surface area contributed by atoms with E-state index < -0.39 is 22.3 Å². The van der Waals surface area contributed by atoms with Gasteiger partial charge >= 0.3 is 22.3 Å². The van der Waals surface area contributed by atoms with Gasteiger partial charge < -0.3 is 9.47 Å². The Balaban J connectivity index is 1.57. The minimum absolute atomic E-state index is 0.0209. The first-order valence-electron chi connectivity index (χ1n) is 11.7. The van der Waals surface area contributed by atoms with Crippen LogP contribution in [0.4, 0.5) is 4.79 Å². The van der Waals surface area contributed by atoms with Gasteiger partial charge in [0.05, 0.1) is 0 Å². The maximum absolute atomic E-state index is 13.2. The average molecular weight is 509 g/mol. The molecule has 9 heteroatoms. The summed E-state index contributed by atoms with van der Waals surface area (Å²) < 4.78 is 39.4. The number of esters is 1. The number of hydrogen-bond acceptors (Lipinski definition) is 6. The zero-order valence-electron chi connectivity index (χ0n) is 19.9. The van der Waals surface area contributed by atoms with Crippen molar-refractivity contribution >= 4 is 27.8 Å². The van der Waals surface area contributed by atoms with Crippen molar-refractivity contribution in [3.8, 4) is 0 Å². The third-order valence-corrected chi connectivity index (χ3v) is 7.21. The molecule has 0 fully saturated rings. The summed E-state index contributed by atoms with van der Waals surface area (Å²) in [4.78, 5) is 25.5. The predicted molar refractivity (Wildman–Crippen MR) is 135 cm³/mol. The van der Waals surface area contributed by atoms with Gasteiger partial charge in [0.1, 0.15) is 13.2 Å². The van der Waals surface area contributed by atoms with Crippen LogP contribution in [0.15, 0.2) is 79.0 Å². The largest absolute Gasteiger partial charge is 0.456 e. The summed E-state index contributed by atoms with van der Waals surface area (Å²) in [6, 6.07) is 19.5. The number of nitrogens with one attached hydrogen (secondary N) is 1. The van der Waals surface area contributed by atoms with Crippen LogP contribution in [0.25, 0.3) is 5.57 Å². The lowest BCUT2D eigenvalue weighted by Gasteiger charge is -2.19. The van der Waals surface area contributed by atoms with Crippen molar-refractivity contribution in [1.82, 2.24) is 8.69 Å². The van der Waals surface area contributed by atoms with Crippen LogP contribution < -0.4 is 4.72 Å². The number of aromatic nitrogens is 1. The first kappa shape index (κ1) is 25.2. The van der Waals surface area contributed by atoms with E-state index in [9.17, 15) is 18.0 Å². The maximum atomic E-state index is 13.2. The van der Waals surface area contributed by atoms with Crippen molar-refractivity contribution in [3.05, 3.63) is 101 Å². The standard InChI is InChI=1S/C27H28N2O6S/c1-20-12-14-23(15-13-20)24-16-17-29(25(24)26(30)34-18-21-8-4-2-5-9-21)36(32,33)28-27(31)35-19-22-10-6-3-7-11-22/h2-11,14,16-17,20H,12-13,15,18-19H2,1H3,(H,28,31). The second-order valence-electron chi connectivity index (χ2n) is 8.71. The molecule has 4 rings (SSSR count). The van der Waals surface area contributed by atoms with Crippen LogP contribution in [-0.2, 0) is 32.9 Å². The molecule has 1 amide bonds. The number of ether oxygens (including phenoxy) is 2. The number of carbonyl (C=O) groups is 2. The summed E-state index contributed by atoms with van der Waals surface area (Å²) in [6.07, 6.45) is 4.58. The van der Waals surface area contributed by atoms with Crippen molar-refractivity contribution < 1.29 is 27.5 Å². The van der Waals surface area contributed by atoms with E-state index in [1.54, 1.807) is 42.5 Å². The normalized spacial score (nSPS) is 15.6. The third-order valence-electron chi connectivity index (χ3n) is 5.96. The van der Waals surface area contributed by atoms with Crippen molar-refractivity contribution in [3.63, 3.8) is 0 Å². The monoisotopic (exact) mass is 508 g/mol. The van der Waals surface area contributed by atoms with E-state index in [2.05, 4.69) is 6.92 Å². The SMILES string of the molecule is CC1CC=C(c2ccn(S(=O)(=O)NC(=O)OCc3ccccc3)c2C(=O)OCc2ccccc2)CC1. The van der Waals surface area contributed by atoms with Crippen LogP contribution in [0.3, 0.4) is 0 Å². The smallest absolute Gasteiger partial charge is 0.422 e. The molecule has 0 saturated carbocycles. The number of benzene rings is 2. The molecule has 0 radical (unpaired) electrons. The Morgan fingerprint density at radius 2 is 1.56 bits per heavy atom.